The first-order valence-corrected chi connectivity index (χ1v) is 21.2. The molecule has 7 heterocycles. The Morgan fingerprint density at radius 2 is 1.69 bits per heavy atom. The van der Waals surface area contributed by atoms with Gasteiger partial charge in [-0.05, 0) is 80.3 Å². The lowest BCUT2D eigenvalue weighted by atomic mass is 9.92. The Morgan fingerprint density at radius 1 is 0.902 bits per heavy atom. The number of piperazine rings is 1. The summed E-state index contributed by atoms with van der Waals surface area (Å²) in [6.45, 7) is 4.99. The third-order valence-corrected chi connectivity index (χ3v) is 13.2. The number of piperidine rings is 2. The molecule has 15 nitrogen and oxygen atoms in total. The predicted molar refractivity (Wildman–Crippen MR) is 224 cm³/mol. The molecule has 3 N–H and O–H groups in total. The molecule has 10 rings (SSSR count). The van der Waals surface area contributed by atoms with Crippen molar-refractivity contribution >= 4 is 62.4 Å². The Labute approximate surface area is 349 Å². The van der Waals surface area contributed by atoms with Crippen LogP contribution in [0.15, 0.2) is 47.4 Å². The minimum Gasteiger partial charge on any atom is -0.480 e. The maximum atomic E-state index is 15.2. The van der Waals surface area contributed by atoms with Crippen molar-refractivity contribution < 1.29 is 27.5 Å². The van der Waals surface area contributed by atoms with Gasteiger partial charge in [-0.25, -0.2) is 18.2 Å². The maximum Gasteiger partial charge on any atom is 0.301 e. The lowest BCUT2D eigenvalue weighted by Crippen LogP contribution is -2.49. The molecular weight excluding hydrogens is 792 g/mol. The van der Waals surface area contributed by atoms with Crippen LogP contribution in [0, 0.1) is 17.7 Å². The molecule has 1 unspecified atom stereocenters. The first kappa shape index (κ1) is 39.2. The molecule has 61 heavy (non-hydrogen) atoms. The number of imide groups is 1. The number of carbonyl (C=O) groups is 2. The monoisotopic (exact) mass is 839 g/mol. The van der Waals surface area contributed by atoms with Crippen molar-refractivity contribution in [3.05, 3.63) is 64.5 Å². The zero-order valence-electron chi connectivity index (χ0n) is 34.1. The number of nitrogens with one attached hydrogen (secondary N) is 3. The number of aromatic nitrogens is 5. The number of amides is 2. The minimum atomic E-state index is -3.16. The van der Waals surface area contributed by atoms with E-state index in [4.69, 9.17) is 9.84 Å². The number of fused-ring (bicyclic) bond motifs is 4. The first-order valence-electron chi connectivity index (χ1n) is 21.2. The molecule has 1 aliphatic carbocycles. The lowest BCUT2D eigenvalue weighted by molar-refractivity contribution is -0.134. The third-order valence-electron chi connectivity index (χ3n) is 13.2. The van der Waals surface area contributed by atoms with Gasteiger partial charge < -0.3 is 29.7 Å². The maximum absolute atomic E-state index is 15.2. The zero-order valence-corrected chi connectivity index (χ0v) is 34.1. The number of ether oxygens (including phenoxy) is 1. The van der Waals surface area contributed by atoms with Gasteiger partial charge >= 0.3 is 5.92 Å². The highest BCUT2D eigenvalue weighted by atomic mass is 19.3. The van der Waals surface area contributed by atoms with E-state index in [-0.39, 0.29) is 35.0 Å². The number of hydrogen-bond acceptors (Lipinski definition) is 12. The fourth-order valence-electron chi connectivity index (χ4n) is 9.57. The number of rotatable bonds is 8. The first-order chi connectivity index (χ1) is 29.4. The number of benzene rings is 2. The van der Waals surface area contributed by atoms with E-state index < -0.39 is 35.9 Å². The fraction of sp³-hybridized carbons (Fsp3) is 0.488. The average molecular weight is 840 g/mol. The molecule has 0 spiro atoms. The molecule has 5 aliphatic rings. The van der Waals surface area contributed by atoms with Crippen molar-refractivity contribution in [1.29, 1.82) is 0 Å². The highest BCUT2D eigenvalue weighted by Gasteiger charge is 2.51. The highest BCUT2D eigenvalue weighted by Crippen LogP contribution is 2.46. The molecule has 320 valence electrons. The quantitative estimate of drug-likeness (QED) is 0.183. The summed E-state index contributed by atoms with van der Waals surface area (Å²) in [7, 11) is 3.46. The van der Waals surface area contributed by atoms with Crippen LogP contribution in [0.1, 0.15) is 50.1 Å². The number of hydrogen-bond donors (Lipinski definition) is 3. The van der Waals surface area contributed by atoms with Crippen LogP contribution in [-0.2, 0) is 23.7 Å². The molecule has 4 aliphatic heterocycles. The molecule has 5 aromatic rings. The van der Waals surface area contributed by atoms with Crippen LogP contribution in [0.2, 0.25) is 0 Å². The van der Waals surface area contributed by atoms with Crippen LogP contribution in [0.5, 0.6) is 5.75 Å². The van der Waals surface area contributed by atoms with Gasteiger partial charge in [0.2, 0.25) is 23.5 Å². The smallest absolute Gasteiger partial charge is 0.301 e. The van der Waals surface area contributed by atoms with Gasteiger partial charge in [-0.3, -0.25) is 29.3 Å². The Morgan fingerprint density at radius 3 is 2.44 bits per heavy atom. The number of nitrogens with zero attached hydrogens (tertiary/aromatic N) is 8. The normalized spacial score (nSPS) is 22.4. The van der Waals surface area contributed by atoms with Crippen molar-refractivity contribution in [2.45, 2.75) is 56.4 Å². The third kappa shape index (κ3) is 7.37. The Balaban J connectivity index is 0.763. The van der Waals surface area contributed by atoms with Crippen LogP contribution in [0.4, 0.5) is 42.0 Å². The number of anilines is 5. The molecule has 0 radical (unpaired) electrons. The summed E-state index contributed by atoms with van der Waals surface area (Å²) in [5.74, 6) is -4.17. The number of carbonyl (C=O) groups excluding carboxylic acids is 2. The van der Waals surface area contributed by atoms with E-state index in [0.29, 0.717) is 67.2 Å². The summed E-state index contributed by atoms with van der Waals surface area (Å²) in [6.07, 6.45) is 5.41. The number of halogens is 3. The van der Waals surface area contributed by atoms with Crippen molar-refractivity contribution in [3.63, 3.8) is 0 Å². The van der Waals surface area contributed by atoms with E-state index in [1.54, 1.807) is 25.2 Å². The summed E-state index contributed by atoms with van der Waals surface area (Å²) < 4.78 is 54.2. The predicted octanol–water partition coefficient (Wildman–Crippen LogP) is 4.87. The lowest BCUT2D eigenvalue weighted by Gasteiger charge is -2.39. The molecule has 2 amide bonds. The van der Waals surface area contributed by atoms with Gasteiger partial charge in [0, 0.05) is 88.5 Å². The summed E-state index contributed by atoms with van der Waals surface area (Å²) in [5, 5.41) is 14.6. The van der Waals surface area contributed by atoms with Crippen molar-refractivity contribution in [1.82, 2.24) is 34.5 Å². The average Bonchev–Trinajstić information content (AvgIpc) is 4.06. The van der Waals surface area contributed by atoms with E-state index in [1.165, 1.54) is 4.57 Å². The Bertz CT molecular complexity index is 2610. The van der Waals surface area contributed by atoms with Crippen molar-refractivity contribution in [2.75, 3.05) is 72.9 Å². The van der Waals surface area contributed by atoms with Crippen LogP contribution in [-0.4, -0.2) is 105 Å². The summed E-state index contributed by atoms with van der Waals surface area (Å²) in [6, 6.07) is 10.2. The second-order valence-corrected chi connectivity index (χ2v) is 17.2. The van der Waals surface area contributed by atoms with Gasteiger partial charge in [-0.1, -0.05) is 0 Å². The minimum absolute atomic E-state index is 0.0154. The van der Waals surface area contributed by atoms with Gasteiger partial charge in [0.25, 0.3) is 5.56 Å². The molecule has 18 heteroatoms. The van der Waals surface area contributed by atoms with Crippen molar-refractivity contribution in [2.24, 2.45) is 25.9 Å². The molecule has 0 bridgehead atoms. The Kier molecular flexibility index (Phi) is 9.79. The van der Waals surface area contributed by atoms with E-state index in [2.05, 4.69) is 58.8 Å². The molecular formula is C43H48F3N11O4. The molecule has 2 aromatic carbocycles. The number of aryl methyl sites for hydroxylation is 2. The number of alkyl halides is 2. The summed E-state index contributed by atoms with van der Waals surface area (Å²) >= 11 is 0. The highest BCUT2D eigenvalue weighted by molar-refractivity contribution is 6.03. The van der Waals surface area contributed by atoms with Crippen LogP contribution in [0.25, 0.3) is 21.8 Å². The van der Waals surface area contributed by atoms with Gasteiger partial charge in [0.15, 0.2) is 18.2 Å². The SMILES string of the molecule is Cn1nc(C2CCC(=O)NC2=O)c2ccc(N3CCC(CN4CCN(c5ncc(F)c(Nc6ccc7c(c6)c6c(c(=O)n7C)OCC(F)(F)[C@H](C7CC7)N6)n5)CC4)CC3)cc21. The van der Waals surface area contributed by atoms with E-state index in [1.807, 2.05) is 11.7 Å². The largest absolute Gasteiger partial charge is 0.480 e. The summed E-state index contributed by atoms with van der Waals surface area (Å²) in [4.78, 5) is 53.3. The second-order valence-electron chi connectivity index (χ2n) is 17.2. The van der Waals surface area contributed by atoms with E-state index in [0.717, 1.165) is 74.0 Å². The number of pyridine rings is 1. The van der Waals surface area contributed by atoms with Gasteiger partial charge in [0.05, 0.1) is 40.6 Å². The molecule has 2 atom stereocenters. The summed E-state index contributed by atoms with van der Waals surface area (Å²) in [5.41, 5.74) is 3.50. The zero-order chi connectivity index (χ0) is 42.2. The molecule has 1 saturated carbocycles. The van der Waals surface area contributed by atoms with Crippen LogP contribution in [0.3, 0.4) is 0 Å². The molecule has 3 aromatic heterocycles. The topological polar surface area (TPSA) is 155 Å². The standard InChI is InChI=1S/C43H48F3N11O4/c1-53-32-9-5-26(19-30(32)36-37(41(53)60)61-23-43(45,46)38(50-36)25-3-4-25)48-39-31(44)21-47-42(51-39)57-17-15-55(16-18-57)22-24-11-13-56(14-12-24)27-6-7-28-33(20-27)54(2)52-35(28)29-8-10-34(58)49-40(29)59/h5-7,9,19-21,24-25,29,38,50H,3-4,8,10-18,22-23H2,1-2H3,(H,47,48,51)(H,49,58,59)/t29?,38-/m0/s1. The molecule has 3 saturated heterocycles. The van der Waals surface area contributed by atoms with Gasteiger partial charge in [0.1, 0.15) is 0 Å². The van der Waals surface area contributed by atoms with E-state index >= 15 is 13.2 Å². The molecule has 4 fully saturated rings. The van der Waals surface area contributed by atoms with E-state index in [9.17, 15) is 14.4 Å². The van der Waals surface area contributed by atoms with Crippen molar-refractivity contribution in [3.8, 4) is 5.75 Å². The second kappa shape index (κ2) is 15.2. The fourth-order valence-corrected chi connectivity index (χ4v) is 9.57. The van der Waals surface area contributed by atoms with Crippen LogP contribution >= 0.6 is 0 Å². The van der Waals surface area contributed by atoms with Crippen LogP contribution < -0.4 is 36.0 Å². The van der Waals surface area contributed by atoms with Gasteiger partial charge in [-0.2, -0.15) is 10.1 Å². The Hall–Kier alpha value is -5.91. The van der Waals surface area contributed by atoms with Gasteiger partial charge in [-0.15, -0.1) is 0 Å².